The van der Waals surface area contributed by atoms with Crippen molar-refractivity contribution in [1.29, 1.82) is 0 Å². The van der Waals surface area contributed by atoms with Crippen molar-refractivity contribution in [3.05, 3.63) is 21.9 Å². The normalized spacial score (nSPS) is 13.6. The van der Waals surface area contributed by atoms with Crippen LogP contribution in [0.2, 0.25) is 0 Å². The molecule has 0 radical (unpaired) electrons. The number of aryl methyl sites for hydroxylation is 1. The summed E-state index contributed by atoms with van der Waals surface area (Å²) < 4.78 is 0. The fourth-order valence-corrected chi connectivity index (χ4v) is 2.69. The lowest BCUT2D eigenvalue weighted by molar-refractivity contribution is -0.146. The van der Waals surface area contributed by atoms with E-state index in [2.05, 4.69) is 10.6 Å². The summed E-state index contributed by atoms with van der Waals surface area (Å²) in [6.45, 7) is 4.05. The van der Waals surface area contributed by atoms with Gasteiger partial charge in [0.15, 0.2) is 6.10 Å². The van der Waals surface area contributed by atoms with Crippen molar-refractivity contribution < 1.29 is 19.8 Å². The molecule has 2 unspecified atom stereocenters. The second-order valence-corrected chi connectivity index (χ2v) is 6.03. The van der Waals surface area contributed by atoms with Gasteiger partial charge in [0.05, 0.1) is 0 Å². The van der Waals surface area contributed by atoms with E-state index in [9.17, 15) is 9.59 Å². The first kappa shape index (κ1) is 16.5. The standard InChI is InChI=1S/C13H20N2O4S/c1-8(7-10-4-3-9(2)20-10)15-13(19)14-6-5-11(16)12(17)18/h3-4,8,11,16H,5-7H2,1-2H3,(H,17,18)(H2,14,15,19). The van der Waals surface area contributed by atoms with Crippen molar-refractivity contribution in [2.75, 3.05) is 6.54 Å². The van der Waals surface area contributed by atoms with Crippen molar-refractivity contribution in [3.63, 3.8) is 0 Å². The zero-order chi connectivity index (χ0) is 15.1. The van der Waals surface area contributed by atoms with Gasteiger partial charge in [0.2, 0.25) is 0 Å². The molecule has 1 heterocycles. The number of aliphatic carboxylic acids is 1. The van der Waals surface area contributed by atoms with Crippen LogP contribution in [0, 0.1) is 6.92 Å². The Labute approximate surface area is 121 Å². The lowest BCUT2D eigenvalue weighted by atomic mass is 10.2. The number of hydrogen-bond donors (Lipinski definition) is 4. The average Bonchev–Trinajstić information content (AvgIpc) is 2.73. The minimum absolute atomic E-state index is 0.0126. The molecule has 0 aliphatic carbocycles. The molecule has 112 valence electrons. The monoisotopic (exact) mass is 300 g/mol. The van der Waals surface area contributed by atoms with Gasteiger partial charge in [0, 0.05) is 35.2 Å². The first-order valence-corrected chi connectivity index (χ1v) is 7.20. The van der Waals surface area contributed by atoms with Gasteiger partial charge in [-0.15, -0.1) is 11.3 Å². The maximum Gasteiger partial charge on any atom is 0.332 e. The van der Waals surface area contributed by atoms with Crippen LogP contribution < -0.4 is 10.6 Å². The van der Waals surface area contributed by atoms with Crippen LogP contribution in [0.1, 0.15) is 23.1 Å². The second-order valence-electron chi connectivity index (χ2n) is 4.66. The van der Waals surface area contributed by atoms with Crippen molar-refractivity contribution in [2.24, 2.45) is 0 Å². The Morgan fingerprint density at radius 1 is 1.40 bits per heavy atom. The predicted octanol–water partition coefficient (Wildman–Crippen LogP) is 1.12. The summed E-state index contributed by atoms with van der Waals surface area (Å²) in [5, 5.41) is 22.8. The van der Waals surface area contributed by atoms with E-state index in [1.54, 1.807) is 11.3 Å². The number of carboxylic acids is 1. The van der Waals surface area contributed by atoms with E-state index in [1.807, 2.05) is 26.0 Å². The summed E-state index contributed by atoms with van der Waals surface area (Å²) in [5.74, 6) is -1.28. The van der Waals surface area contributed by atoms with E-state index in [0.717, 1.165) is 6.42 Å². The first-order valence-electron chi connectivity index (χ1n) is 6.39. The minimum atomic E-state index is -1.44. The number of carbonyl (C=O) groups is 2. The lowest BCUT2D eigenvalue weighted by Gasteiger charge is -2.14. The Morgan fingerprint density at radius 3 is 2.65 bits per heavy atom. The molecular formula is C13H20N2O4S. The Kier molecular flexibility index (Phi) is 6.47. The Morgan fingerprint density at radius 2 is 2.10 bits per heavy atom. The fourth-order valence-electron chi connectivity index (χ4n) is 1.67. The summed E-state index contributed by atoms with van der Waals surface area (Å²) >= 11 is 1.70. The number of amides is 2. The van der Waals surface area contributed by atoms with Gasteiger partial charge in [0.1, 0.15) is 0 Å². The quantitative estimate of drug-likeness (QED) is 0.606. The van der Waals surface area contributed by atoms with E-state index in [4.69, 9.17) is 10.2 Å². The van der Waals surface area contributed by atoms with Gasteiger partial charge in [-0.05, 0) is 26.0 Å². The molecule has 1 aromatic heterocycles. The number of carboxylic acid groups (broad SMARTS) is 1. The van der Waals surface area contributed by atoms with Crippen LogP contribution in [0.15, 0.2) is 12.1 Å². The number of urea groups is 1. The zero-order valence-corrected chi connectivity index (χ0v) is 12.4. The molecule has 2 atom stereocenters. The van der Waals surface area contributed by atoms with Crippen molar-refractivity contribution in [3.8, 4) is 0 Å². The number of thiophene rings is 1. The summed E-state index contributed by atoms with van der Waals surface area (Å²) in [5.41, 5.74) is 0. The SMILES string of the molecule is Cc1ccc(CC(C)NC(=O)NCCC(O)C(=O)O)s1. The van der Waals surface area contributed by atoms with Gasteiger partial charge in [-0.2, -0.15) is 0 Å². The number of rotatable bonds is 7. The molecule has 0 aliphatic rings. The molecule has 0 saturated carbocycles. The van der Waals surface area contributed by atoms with Crippen LogP contribution in [0.25, 0.3) is 0 Å². The van der Waals surface area contributed by atoms with Crippen LogP contribution >= 0.6 is 11.3 Å². The summed E-state index contributed by atoms with van der Waals surface area (Å²) in [6, 6.07) is 3.71. The van der Waals surface area contributed by atoms with Crippen molar-refractivity contribution in [2.45, 2.75) is 38.8 Å². The van der Waals surface area contributed by atoms with Crippen molar-refractivity contribution >= 4 is 23.3 Å². The molecule has 0 bridgehead atoms. The molecule has 7 heteroatoms. The molecule has 0 aliphatic heterocycles. The van der Waals surface area contributed by atoms with E-state index >= 15 is 0 Å². The topological polar surface area (TPSA) is 98.7 Å². The first-order chi connectivity index (χ1) is 9.38. The van der Waals surface area contributed by atoms with Gasteiger partial charge in [-0.25, -0.2) is 9.59 Å². The summed E-state index contributed by atoms with van der Waals surface area (Å²) in [7, 11) is 0. The molecule has 1 rings (SSSR count). The lowest BCUT2D eigenvalue weighted by Crippen LogP contribution is -2.42. The summed E-state index contributed by atoms with van der Waals surface area (Å²) in [6.07, 6.45) is -0.702. The smallest absolute Gasteiger partial charge is 0.332 e. The van der Waals surface area contributed by atoms with Crippen LogP contribution in [0.5, 0.6) is 0 Å². The third-order valence-corrected chi connectivity index (χ3v) is 3.69. The molecule has 0 fully saturated rings. The van der Waals surface area contributed by atoms with Gasteiger partial charge < -0.3 is 20.8 Å². The van der Waals surface area contributed by atoms with E-state index in [0.29, 0.717) is 0 Å². The van der Waals surface area contributed by atoms with E-state index in [1.165, 1.54) is 9.75 Å². The molecule has 1 aromatic rings. The molecule has 0 saturated heterocycles. The molecule has 4 N–H and O–H groups in total. The largest absolute Gasteiger partial charge is 0.479 e. The average molecular weight is 300 g/mol. The highest BCUT2D eigenvalue weighted by molar-refractivity contribution is 7.11. The maximum absolute atomic E-state index is 11.6. The van der Waals surface area contributed by atoms with Crippen LogP contribution in [-0.4, -0.2) is 40.9 Å². The third kappa shape index (κ3) is 6.03. The fraction of sp³-hybridized carbons (Fsp3) is 0.538. The van der Waals surface area contributed by atoms with Gasteiger partial charge in [-0.3, -0.25) is 0 Å². The van der Waals surface area contributed by atoms with Gasteiger partial charge >= 0.3 is 12.0 Å². The van der Waals surface area contributed by atoms with Gasteiger partial charge in [-0.1, -0.05) is 0 Å². The maximum atomic E-state index is 11.6. The highest BCUT2D eigenvalue weighted by Gasteiger charge is 2.13. The second kappa shape index (κ2) is 7.86. The van der Waals surface area contributed by atoms with Crippen molar-refractivity contribution in [1.82, 2.24) is 10.6 Å². The minimum Gasteiger partial charge on any atom is -0.479 e. The molecular weight excluding hydrogens is 280 g/mol. The highest BCUT2D eigenvalue weighted by atomic mass is 32.1. The third-order valence-electron chi connectivity index (χ3n) is 2.67. The number of hydrogen-bond acceptors (Lipinski definition) is 4. The zero-order valence-electron chi connectivity index (χ0n) is 11.5. The number of carbonyl (C=O) groups excluding carboxylic acids is 1. The molecule has 2 amide bonds. The number of aliphatic hydroxyl groups excluding tert-OH is 1. The molecule has 0 aromatic carbocycles. The molecule has 6 nitrogen and oxygen atoms in total. The number of nitrogens with one attached hydrogen (secondary N) is 2. The van der Waals surface area contributed by atoms with E-state index < -0.39 is 12.1 Å². The Bertz CT molecular complexity index is 461. The molecule has 20 heavy (non-hydrogen) atoms. The van der Waals surface area contributed by atoms with Gasteiger partial charge in [0.25, 0.3) is 0 Å². The van der Waals surface area contributed by atoms with Crippen LogP contribution in [0.3, 0.4) is 0 Å². The Hall–Kier alpha value is -1.60. The van der Waals surface area contributed by atoms with Crippen LogP contribution in [0.4, 0.5) is 4.79 Å². The highest BCUT2D eigenvalue weighted by Crippen LogP contribution is 2.16. The Balaban J connectivity index is 2.23. The van der Waals surface area contributed by atoms with E-state index in [-0.39, 0.29) is 25.0 Å². The predicted molar refractivity (Wildman–Crippen MR) is 77.0 cm³/mol. The summed E-state index contributed by atoms with van der Waals surface area (Å²) in [4.78, 5) is 24.4. The van der Waals surface area contributed by atoms with Crippen LogP contribution in [-0.2, 0) is 11.2 Å². The molecule has 0 spiro atoms. The number of aliphatic hydroxyl groups is 1.